The van der Waals surface area contributed by atoms with E-state index in [0.717, 1.165) is 31.4 Å². The summed E-state index contributed by atoms with van der Waals surface area (Å²) in [6.45, 7) is 1.11. The van der Waals surface area contributed by atoms with Crippen molar-refractivity contribution in [3.63, 3.8) is 0 Å². The second-order valence-electron chi connectivity index (χ2n) is 4.85. The molecule has 1 atom stereocenters. The number of oxazole rings is 1. The van der Waals surface area contributed by atoms with Crippen LogP contribution in [0.15, 0.2) is 29.4 Å². The number of amides is 1. The van der Waals surface area contributed by atoms with Crippen LogP contribution in [0.4, 0.5) is 0 Å². The fourth-order valence-electron chi connectivity index (χ4n) is 2.16. The molecule has 0 saturated carbocycles. The van der Waals surface area contributed by atoms with Crippen molar-refractivity contribution < 1.29 is 13.9 Å². The number of nitrogens with zero attached hydrogens (tertiary/aromatic N) is 3. The van der Waals surface area contributed by atoms with Crippen LogP contribution in [0.2, 0.25) is 0 Å². The van der Waals surface area contributed by atoms with Crippen molar-refractivity contribution >= 4 is 5.91 Å². The molecule has 1 aliphatic rings. The lowest BCUT2D eigenvalue weighted by Crippen LogP contribution is -2.22. The molecule has 0 radical (unpaired) electrons. The molecule has 3 rings (SSSR count). The molecule has 7 nitrogen and oxygen atoms in total. The van der Waals surface area contributed by atoms with Crippen molar-refractivity contribution in [2.45, 2.75) is 31.9 Å². The maximum Gasteiger partial charge on any atom is 0.288 e. The van der Waals surface area contributed by atoms with Crippen molar-refractivity contribution in [3.05, 3.63) is 42.1 Å². The summed E-state index contributed by atoms with van der Waals surface area (Å²) in [5.41, 5.74) is 0.822. The average Bonchev–Trinajstić information content (AvgIpc) is 3.08. The Hall–Kier alpha value is -2.28. The predicted molar refractivity (Wildman–Crippen MR) is 72.2 cm³/mol. The van der Waals surface area contributed by atoms with Gasteiger partial charge in [-0.05, 0) is 19.3 Å². The average molecular weight is 288 g/mol. The van der Waals surface area contributed by atoms with Crippen LogP contribution in [0.1, 0.15) is 47.3 Å². The molecule has 0 aliphatic carbocycles. The van der Waals surface area contributed by atoms with Crippen LogP contribution in [-0.4, -0.2) is 27.5 Å². The summed E-state index contributed by atoms with van der Waals surface area (Å²) in [7, 11) is 0. The Morgan fingerprint density at radius 1 is 1.29 bits per heavy atom. The molecule has 3 heterocycles. The zero-order chi connectivity index (χ0) is 14.5. The van der Waals surface area contributed by atoms with E-state index in [1.54, 1.807) is 12.4 Å². The number of carbonyl (C=O) groups is 1. The summed E-state index contributed by atoms with van der Waals surface area (Å²) in [5.74, 6) is 0.579. The summed E-state index contributed by atoms with van der Waals surface area (Å²) in [6.07, 6.45) is 9.21. The summed E-state index contributed by atoms with van der Waals surface area (Å²) < 4.78 is 10.5. The van der Waals surface area contributed by atoms with Crippen LogP contribution >= 0.6 is 0 Å². The summed E-state index contributed by atoms with van der Waals surface area (Å²) in [6, 6.07) is 0. The molecule has 1 N–H and O–H groups in total. The van der Waals surface area contributed by atoms with Gasteiger partial charge < -0.3 is 14.5 Å². The van der Waals surface area contributed by atoms with E-state index in [2.05, 4.69) is 20.3 Å². The number of ether oxygens (including phenoxy) is 1. The topological polar surface area (TPSA) is 90.1 Å². The molecule has 2 aromatic rings. The Balaban J connectivity index is 1.55. The highest BCUT2D eigenvalue weighted by Crippen LogP contribution is 2.24. The van der Waals surface area contributed by atoms with Gasteiger partial charge in [0.05, 0.1) is 6.20 Å². The summed E-state index contributed by atoms with van der Waals surface area (Å²) in [5, 5.41) is 2.72. The maximum absolute atomic E-state index is 11.7. The highest BCUT2D eigenvalue weighted by Gasteiger charge is 2.18. The standard InChI is InChI=1S/C14H16N4O3/c19-14(12-8-15-9-21-12)18-7-10-5-16-13(17-6-10)11-3-1-2-4-20-11/h5-6,8-9,11H,1-4,7H2,(H,18,19)/t11-/m0/s1. The first-order valence-electron chi connectivity index (χ1n) is 6.92. The highest BCUT2D eigenvalue weighted by molar-refractivity contribution is 5.90. The zero-order valence-corrected chi connectivity index (χ0v) is 11.5. The quantitative estimate of drug-likeness (QED) is 0.919. The van der Waals surface area contributed by atoms with E-state index in [0.29, 0.717) is 12.4 Å². The molecular formula is C14H16N4O3. The molecule has 1 fully saturated rings. The van der Waals surface area contributed by atoms with Gasteiger partial charge in [0.15, 0.2) is 12.2 Å². The third-order valence-corrected chi connectivity index (χ3v) is 3.30. The number of hydrogen-bond donors (Lipinski definition) is 1. The Morgan fingerprint density at radius 2 is 2.14 bits per heavy atom. The molecule has 21 heavy (non-hydrogen) atoms. The van der Waals surface area contributed by atoms with Crippen LogP contribution in [0.3, 0.4) is 0 Å². The molecule has 110 valence electrons. The number of carbonyl (C=O) groups excluding carboxylic acids is 1. The molecule has 0 unspecified atom stereocenters. The van der Waals surface area contributed by atoms with Crippen molar-refractivity contribution in [1.82, 2.24) is 20.3 Å². The second-order valence-corrected chi connectivity index (χ2v) is 4.85. The van der Waals surface area contributed by atoms with E-state index < -0.39 is 0 Å². The van der Waals surface area contributed by atoms with Gasteiger partial charge in [-0.1, -0.05) is 0 Å². The second kappa shape index (κ2) is 6.45. The first kappa shape index (κ1) is 13.7. The number of aromatic nitrogens is 3. The maximum atomic E-state index is 11.7. The third kappa shape index (κ3) is 3.43. The Bertz CT molecular complexity index is 577. The SMILES string of the molecule is O=C(NCc1cnc([C@@H]2CCCCO2)nc1)c1cnco1. The normalized spacial score (nSPS) is 18.4. The first-order valence-corrected chi connectivity index (χ1v) is 6.92. The number of rotatable bonds is 4. The van der Waals surface area contributed by atoms with E-state index >= 15 is 0 Å². The van der Waals surface area contributed by atoms with Crippen molar-refractivity contribution in [1.29, 1.82) is 0 Å². The summed E-state index contributed by atoms with van der Waals surface area (Å²) >= 11 is 0. The van der Waals surface area contributed by atoms with E-state index in [1.165, 1.54) is 12.6 Å². The number of hydrogen-bond acceptors (Lipinski definition) is 6. The van der Waals surface area contributed by atoms with Gasteiger partial charge in [0, 0.05) is 31.1 Å². The molecule has 1 aliphatic heterocycles. The summed E-state index contributed by atoms with van der Waals surface area (Å²) in [4.78, 5) is 24.0. The van der Waals surface area contributed by atoms with Crippen LogP contribution in [0.5, 0.6) is 0 Å². The monoisotopic (exact) mass is 288 g/mol. The molecule has 1 amide bonds. The lowest BCUT2D eigenvalue weighted by Gasteiger charge is -2.21. The largest absolute Gasteiger partial charge is 0.438 e. The fraction of sp³-hybridized carbons (Fsp3) is 0.429. The van der Waals surface area contributed by atoms with E-state index in [4.69, 9.17) is 9.15 Å². The Labute approximate surface area is 121 Å². The molecule has 1 saturated heterocycles. The van der Waals surface area contributed by atoms with E-state index in [9.17, 15) is 4.79 Å². The molecule has 0 aromatic carbocycles. The molecule has 7 heteroatoms. The van der Waals surface area contributed by atoms with Gasteiger partial charge in [0.2, 0.25) is 5.76 Å². The predicted octanol–water partition coefficient (Wildman–Crippen LogP) is 1.64. The van der Waals surface area contributed by atoms with Crippen molar-refractivity contribution in [2.24, 2.45) is 0 Å². The van der Waals surface area contributed by atoms with Gasteiger partial charge in [0.25, 0.3) is 5.91 Å². The van der Waals surface area contributed by atoms with Crippen LogP contribution < -0.4 is 5.32 Å². The Kier molecular flexibility index (Phi) is 4.20. The number of nitrogens with one attached hydrogen (secondary N) is 1. The van der Waals surface area contributed by atoms with Gasteiger partial charge in [-0.25, -0.2) is 15.0 Å². The minimum Gasteiger partial charge on any atom is -0.438 e. The van der Waals surface area contributed by atoms with Gasteiger partial charge in [0.1, 0.15) is 6.10 Å². The van der Waals surface area contributed by atoms with Crippen LogP contribution in [-0.2, 0) is 11.3 Å². The molecular weight excluding hydrogens is 272 g/mol. The van der Waals surface area contributed by atoms with Gasteiger partial charge >= 0.3 is 0 Å². The molecule has 0 spiro atoms. The lowest BCUT2D eigenvalue weighted by molar-refractivity contribution is 0.00940. The van der Waals surface area contributed by atoms with Crippen LogP contribution in [0.25, 0.3) is 0 Å². The van der Waals surface area contributed by atoms with Crippen LogP contribution in [0, 0.1) is 0 Å². The highest BCUT2D eigenvalue weighted by atomic mass is 16.5. The van der Waals surface area contributed by atoms with Gasteiger partial charge in [-0.3, -0.25) is 4.79 Å². The van der Waals surface area contributed by atoms with Gasteiger partial charge in [-0.15, -0.1) is 0 Å². The van der Waals surface area contributed by atoms with E-state index in [-0.39, 0.29) is 17.8 Å². The first-order chi connectivity index (χ1) is 10.3. The molecule has 0 bridgehead atoms. The fourth-order valence-corrected chi connectivity index (χ4v) is 2.16. The molecule has 2 aromatic heterocycles. The minimum atomic E-state index is -0.313. The zero-order valence-electron chi connectivity index (χ0n) is 11.5. The minimum absolute atomic E-state index is 0.00316. The van der Waals surface area contributed by atoms with Gasteiger partial charge in [-0.2, -0.15) is 0 Å². The van der Waals surface area contributed by atoms with Crippen molar-refractivity contribution in [2.75, 3.05) is 6.61 Å². The lowest BCUT2D eigenvalue weighted by atomic mass is 10.1. The third-order valence-electron chi connectivity index (χ3n) is 3.30. The Morgan fingerprint density at radius 3 is 2.81 bits per heavy atom. The van der Waals surface area contributed by atoms with E-state index in [1.807, 2.05) is 0 Å². The van der Waals surface area contributed by atoms with Crippen molar-refractivity contribution in [3.8, 4) is 0 Å². The smallest absolute Gasteiger partial charge is 0.288 e.